The molecule has 1 rings (SSSR count). The fraction of sp³-hybridized carbons (Fsp3) is 0.500. The molecular formula is C12H18ClFN2. The van der Waals surface area contributed by atoms with Gasteiger partial charge in [-0.25, -0.2) is 4.39 Å². The zero-order valence-corrected chi connectivity index (χ0v) is 10.7. The van der Waals surface area contributed by atoms with Crippen molar-refractivity contribution in [1.29, 1.82) is 0 Å². The van der Waals surface area contributed by atoms with E-state index in [-0.39, 0.29) is 11.9 Å². The summed E-state index contributed by atoms with van der Waals surface area (Å²) in [7, 11) is 1.84. The van der Waals surface area contributed by atoms with E-state index in [9.17, 15) is 4.39 Å². The Morgan fingerprint density at radius 2 is 2.12 bits per heavy atom. The zero-order valence-electron chi connectivity index (χ0n) is 9.90. The Labute approximate surface area is 101 Å². The van der Waals surface area contributed by atoms with Gasteiger partial charge in [-0.2, -0.15) is 0 Å². The maximum atomic E-state index is 13.5. The molecule has 1 unspecified atom stereocenters. The molecule has 0 aliphatic carbocycles. The van der Waals surface area contributed by atoms with Crippen molar-refractivity contribution in [2.45, 2.75) is 19.9 Å². The van der Waals surface area contributed by atoms with Crippen LogP contribution in [-0.2, 0) is 0 Å². The predicted molar refractivity (Wildman–Crippen MR) is 66.5 cm³/mol. The van der Waals surface area contributed by atoms with Crippen LogP contribution in [0.1, 0.15) is 24.1 Å². The maximum absolute atomic E-state index is 13.5. The van der Waals surface area contributed by atoms with Crippen LogP contribution in [0.4, 0.5) is 4.39 Å². The second-order valence-electron chi connectivity index (χ2n) is 3.77. The molecule has 1 aromatic carbocycles. The third-order valence-electron chi connectivity index (χ3n) is 2.60. The van der Waals surface area contributed by atoms with Gasteiger partial charge in [0.05, 0.1) is 0 Å². The molecule has 0 fully saturated rings. The first-order valence-corrected chi connectivity index (χ1v) is 5.81. The summed E-state index contributed by atoms with van der Waals surface area (Å²) in [5.41, 5.74) is 1.38. The molecule has 0 spiro atoms. The lowest BCUT2D eigenvalue weighted by molar-refractivity contribution is 0.532. The Morgan fingerprint density at radius 1 is 1.44 bits per heavy atom. The van der Waals surface area contributed by atoms with Crippen molar-refractivity contribution in [3.05, 3.63) is 34.1 Å². The second-order valence-corrected chi connectivity index (χ2v) is 4.18. The first-order valence-electron chi connectivity index (χ1n) is 5.43. The molecule has 0 saturated heterocycles. The van der Waals surface area contributed by atoms with Gasteiger partial charge >= 0.3 is 0 Å². The van der Waals surface area contributed by atoms with Crippen LogP contribution in [0.15, 0.2) is 12.1 Å². The van der Waals surface area contributed by atoms with Gasteiger partial charge in [0.15, 0.2) is 0 Å². The molecule has 0 bridgehead atoms. The quantitative estimate of drug-likeness (QED) is 0.832. The molecule has 2 N–H and O–H groups in total. The summed E-state index contributed by atoms with van der Waals surface area (Å²) in [6.07, 6.45) is 0. The van der Waals surface area contributed by atoms with Crippen LogP contribution in [-0.4, -0.2) is 20.1 Å². The topological polar surface area (TPSA) is 24.1 Å². The highest BCUT2D eigenvalue weighted by atomic mass is 35.5. The van der Waals surface area contributed by atoms with Crippen molar-refractivity contribution in [3.63, 3.8) is 0 Å². The maximum Gasteiger partial charge on any atom is 0.126 e. The van der Waals surface area contributed by atoms with E-state index in [1.807, 2.05) is 14.0 Å². The van der Waals surface area contributed by atoms with Crippen molar-refractivity contribution < 1.29 is 4.39 Å². The van der Waals surface area contributed by atoms with Crippen LogP contribution in [0.25, 0.3) is 0 Å². The van der Waals surface area contributed by atoms with Gasteiger partial charge < -0.3 is 10.6 Å². The number of benzene rings is 1. The molecule has 0 aromatic heterocycles. The van der Waals surface area contributed by atoms with E-state index in [1.54, 1.807) is 13.0 Å². The third-order valence-corrected chi connectivity index (χ3v) is 2.93. The summed E-state index contributed by atoms with van der Waals surface area (Å²) < 4.78 is 13.5. The lowest BCUT2D eigenvalue weighted by Gasteiger charge is -2.19. The highest BCUT2D eigenvalue weighted by Gasteiger charge is 2.14. The van der Waals surface area contributed by atoms with Crippen LogP contribution in [0.5, 0.6) is 0 Å². The lowest BCUT2D eigenvalue weighted by atomic mass is 10.0. The number of halogens is 2. The average molecular weight is 245 g/mol. The molecule has 90 valence electrons. The third kappa shape index (κ3) is 3.17. The standard InChI is InChI=1S/C12H18ClFN2/c1-4-16-7-12(15-3)9-6-11(14)8(2)5-10(9)13/h5-6,12,15-16H,4,7H2,1-3H3. The first kappa shape index (κ1) is 13.4. The van der Waals surface area contributed by atoms with Gasteiger partial charge in [0.1, 0.15) is 5.82 Å². The normalized spacial score (nSPS) is 12.8. The van der Waals surface area contributed by atoms with E-state index < -0.39 is 0 Å². The minimum atomic E-state index is -0.212. The van der Waals surface area contributed by atoms with Gasteiger partial charge in [0.25, 0.3) is 0 Å². The van der Waals surface area contributed by atoms with Crippen LogP contribution in [0.2, 0.25) is 5.02 Å². The average Bonchev–Trinajstić information content (AvgIpc) is 2.26. The van der Waals surface area contributed by atoms with E-state index in [0.717, 1.165) is 18.7 Å². The van der Waals surface area contributed by atoms with Crippen LogP contribution in [0, 0.1) is 12.7 Å². The molecule has 0 saturated carbocycles. The van der Waals surface area contributed by atoms with Gasteiger partial charge in [-0.3, -0.25) is 0 Å². The van der Waals surface area contributed by atoms with Crippen molar-refractivity contribution in [3.8, 4) is 0 Å². The summed E-state index contributed by atoms with van der Waals surface area (Å²) in [5.74, 6) is -0.212. The summed E-state index contributed by atoms with van der Waals surface area (Å²) in [4.78, 5) is 0. The Morgan fingerprint density at radius 3 is 2.69 bits per heavy atom. The number of hydrogen-bond donors (Lipinski definition) is 2. The SMILES string of the molecule is CCNCC(NC)c1cc(F)c(C)cc1Cl. The molecule has 0 aliphatic rings. The molecule has 2 nitrogen and oxygen atoms in total. The van der Waals surface area contributed by atoms with Gasteiger partial charge in [0.2, 0.25) is 0 Å². The van der Waals surface area contributed by atoms with Crippen molar-refractivity contribution in [2.75, 3.05) is 20.1 Å². The lowest BCUT2D eigenvalue weighted by Crippen LogP contribution is -2.29. The van der Waals surface area contributed by atoms with Gasteiger partial charge in [-0.15, -0.1) is 0 Å². The second kappa shape index (κ2) is 6.18. The fourth-order valence-corrected chi connectivity index (χ4v) is 1.93. The van der Waals surface area contributed by atoms with E-state index in [0.29, 0.717) is 10.6 Å². The van der Waals surface area contributed by atoms with Crippen molar-refractivity contribution in [1.82, 2.24) is 10.6 Å². The summed E-state index contributed by atoms with van der Waals surface area (Å²) in [6.45, 7) is 5.35. The predicted octanol–water partition coefficient (Wildman–Crippen LogP) is 2.66. The molecule has 0 radical (unpaired) electrons. The highest BCUT2D eigenvalue weighted by Crippen LogP contribution is 2.25. The smallest absolute Gasteiger partial charge is 0.126 e. The molecule has 4 heteroatoms. The number of likely N-dealkylation sites (N-methyl/N-ethyl adjacent to an activating group) is 2. The minimum Gasteiger partial charge on any atom is -0.315 e. The van der Waals surface area contributed by atoms with Gasteiger partial charge in [0, 0.05) is 17.6 Å². The fourth-order valence-electron chi connectivity index (χ4n) is 1.58. The number of nitrogens with one attached hydrogen (secondary N) is 2. The van der Waals surface area contributed by atoms with E-state index in [1.165, 1.54) is 6.07 Å². The van der Waals surface area contributed by atoms with Gasteiger partial charge in [-0.1, -0.05) is 18.5 Å². The molecule has 1 aromatic rings. The molecule has 16 heavy (non-hydrogen) atoms. The summed E-state index contributed by atoms with van der Waals surface area (Å²) >= 11 is 6.12. The largest absolute Gasteiger partial charge is 0.315 e. The van der Waals surface area contributed by atoms with E-state index in [2.05, 4.69) is 10.6 Å². The number of rotatable bonds is 5. The van der Waals surface area contributed by atoms with Crippen LogP contribution in [0.3, 0.4) is 0 Å². The Bertz CT molecular complexity index is 355. The summed E-state index contributed by atoms with van der Waals surface area (Å²) in [5, 5.41) is 6.95. The minimum absolute atomic E-state index is 0.0301. The highest BCUT2D eigenvalue weighted by molar-refractivity contribution is 6.31. The molecule has 1 atom stereocenters. The molecule has 0 aliphatic heterocycles. The van der Waals surface area contributed by atoms with Crippen molar-refractivity contribution >= 4 is 11.6 Å². The first-order chi connectivity index (χ1) is 7.60. The van der Waals surface area contributed by atoms with E-state index in [4.69, 9.17) is 11.6 Å². The number of aryl methyl sites for hydroxylation is 1. The molecule has 0 amide bonds. The monoisotopic (exact) mass is 244 g/mol. The Hall–Kier alpha value is -0.640. The number of hydrogen-bond acceptors (Lipinski definition) is 2. The molecular weight excluding hydrogens is 227 g/mol. The summed E-state index contributed by atoms with van der Waals surface area (Å²) in [6, 6.07) is 3.21. The molecule has 0 heterocycles. The van der Waals surface area contributed by atoms with E-state index >= 15 is 0 Å². The van der Waals surface area contributed by atoms with Crippen LogP contribution < -0.4 is 10.6 Å². The van der Waals surface area contributed by atoms with Gasteiger partial charge in [-0.05, 0) is 43.8 Å². The Balaban J connectivity index is 2.95. The zero-order chi connectivity index (χ0) is 12.1. The van der Waals surface area contributed by atoms with Crippen molar-refractivity contribution in [2.24, 2.45) is 0 Å². The Kier molecular flexibility index (Phi) is 5.19. The van der Waals surface area contributed by atoms with Crippen LogP contribution >= 0.6 is 11.6 Å².